The van der Waals surface area contributed by atoms with Crippen LogP contribution in [0.1, 0.15) is 36.0 Å². The minimum absolute atomic E-state index is 0.0943. The van der Waals surface area contributed by atoms with Crippen LogP contribution in [0.15, 0.2) is 23.0 Å². The first-order valence-corrected chi connectivity index (χ1v) is 9.18. The first kappa shape index (κ1) is 15.3. The highest BCUT2D eigenvalue weighted by molar-refractivity contribution is 7.71. The molecule has 3 fully saturated rings. The van der Waals surface area contributed by atoms with Crippen molar-refractivity contribution in [3.05, 3.63) is 38.9 Å². The van der Waals surface area contributed by atoms with E-state index in [9.17, 15) is 9.59 Å². The van der Waals surface area contributed by atoms with Gasteiger partial charge in [0.1, 0.15) is 0 Å². The number of hydrogen-bond acceptors (Lipinski definition) is 4. The van der Waals surface area contributed by atoms with Crippen molar-refractivity contribution >= 4 is 29.0 Å². The second kappa shape index (κ2) is 5.25. The second-order valence-corrected chi connectivity index (χ2v) is 7.86. The lowest BCUT2D eigenvalue weighted by molar-refractivity contribution is -0.172. The maximum Gasteiger partial charge on any atom is 0.259 e. The standard InChI is InChI=1S/C18H19N3O3S/c22-15(9-2-3-10-12(8-9)19-17(25)21-16(10)23)20-13-11-4-7-24-14(11)18(13)5-1-6-18/h2-3,8,11,13-14H,1,4-7H2,(H,20,22)(H2,19,21,23,25). The fourth-order valence-electron chi connectivity index (χ4n) is 4.99. The van der Waals surface area contributed by atoms with Gasteiger partial charge < -0.3 is 15.0 Å². The number of aromatic nitrogens is 2. The third-order valence-electron chi connectivity index (χ3n) is 6.32. The SMILES string of the molecule is O=C(NC1C2CCOC2C12CCC2)c1ccc2c(=O)[nH]c(=S)[nH]c2c1. The molecular weight excluding hydrogens is 338 g/mol. The predicted octanol–water partition coefficient (Wildman–Crippen LogP) is 2.27. The van der Waals surface area contributed by atoms with E-state index >= 15 is 0 Å². The van der Waals surface area contributed by atoms with Crippen LogP contribution in [0.4, 0.5) is 0 Å². The maximum absolute atomic E-state index is 12.8. The summed E-state index contributed by atoms with van der Waals surface area (Å²) >= 11 is 5.01. The zero-order valence-electron chi connectivity index (χ0n) is 13.6. The van der Waals surface area contributed by atoms with Crippen LogP contribution in [0, 0.1) is 16.1 Å². The van der Waals surface area contributed by atoms with E-state index in [2.05, 4.69) is 15.3 Å². The van der Waals surface area contributed by atoms with Gasteiger partial charge in [-0.2, -0.15) is 0 Å². The lowest BCUT2D eigenvalue weighted by atomic mass is 9.46. The Balaban J connectivity index is 1.44. The Kier molecular flexibility index (Phi) is 3.21. The number of nitrogens with one attached hydrogen (secondary N) is 3. The highest BCUT2D eigenvalue weighted by Crippen LogP contribution is 2.62. The fourth-order valence-corrected chi connectivity index (χ4v) is 5.19. The molecule has 1 spiro atoms. The van der Waals surface area contributed by atoms with Crippen LogP contribution in [0.25, 0.3) is 10.9 Å². The zero-order chi connectivity index (χ0) is 17.2. The Labute approximate surface area is 149 Å². The van der Waals surface area contributed by atoms with Crippen molar-refractivity contribution < 1.29 is 9.53 Å². The summed E-state index contributed by atoms with van der Waals surface area (Å²) in [5.74, 6) is 0.349. The van der Waals surface area contributed by atoms with Crippen LogP contribution in [0.5, 0.6) is 0 Å². The van der Waals surface area contributed by atoms with Gasteiger partial charge >= 0.3 is 0 Å². The Morgan fingerprint density at radius 3 is 2.92 bits per heavy atom. The second-order valence-electron chi connectivity index (χ2n) is 7.45. The molecule has 25 heavy (non-hydrogen) atoms. The Hall–Kier alpha value is -1.99. The van der Waals surface area contributed by atoms with Crippen LogP contribution in [-0.2, 0) is 4.74 Å². The zero-order valence-corrected chi connectivity index (χ0v) is 14.4. The molecule has 1 amide bonds. The van der Waals surface area contributed by atoms with Crippen LogP contribution in [0.2, 0.25) is 0 Å². The molecule has 3 atom stereocenters. The molecule has 1 saturated heterocycles. The van der Waals surface area contributed by atoms with Gasteiger partial charge in [0.25, 0.3) is 11.5 Å². The molecule has 0 radical (unpaired) electrons. The van der Waals surface area contributed by atoms with E-state index < -0.39 is 0 Å². The third kappa shape index (κ3) is 2.09. The van der Waals surface area contributed by atoms with Crippen LogP contribution < -0.4 is 10.9 Å². The molecule has 5 rings (SSSR count). The summed E-state index contributed by atoms with van der Waals surface area (Å²) in [6.45, 7) is 0.804. The van der Waals surface area contributed by atoms with Gasteiger partial charge in [0.05, 0.1) is 17.0 Å². The monoisotopic (exact) mass is 357 g/mol. The van der Waals surface area contributed by atoms with Crippen LogP contribution >= 0.6 is 12.2 Å². The molecule has 3 N–H and O–H groups in total. The lowest BCUT2D eigenvalue weighted by Gasteiger charge is -2.63. The number of fused-ring (bicyclic) bond motifs is 3. The molecule has 2 aromatic rings. The molecule has 7 heteroatoms. The summed E-state index contributed by atoms with van der Waals surface area (Å²) in [4.78, 5) is 30.2. The van der Waals surface area contributed by atoms with E-state index in [0.717, 1.165) is 25.9 Å². The summed E-state index contributed by atoms with van der Waals surface area (Å²) < 4.78 is 6.16. The van der Waals surface area contributed by atoms with Gasteiger partial charge in [-0.05, 0) is 49.7 Å². The average molecular weight is 357 g/mol. The van der Waals surface area contributed by atoms with Crippen molar-refractivity contribution in [1.82, 2.24) is 15.3 Å². The number of aromatic amines is 2. The van der Waals surface area contributed by atoms with Gasteiger partial charge in [0, 0.05) is 29.5 Å². The molecule has 3 unspecified atom stereocenters. The lowest BCUT2D eigenvalue weighted by Crippen LogP contribution is -2.71. The minimum Gasteiger partial charge on any atom is -0.377 e. The largest absolute Gasteiger partial charge is 0.377 e. The summed E-state index contributed by atoms with van der Waals surface area (Å²) in [6.07, 6.45) is 4.85. The molecule has 1 aliphatic heterocycles. The van der Waals surface area contributed by atoms with Crippen molar-refractivity contribution in [3.8, 4) is 0 Å². The first-order valence-electron chi connectivity index (χ1n) is 8.77. The number of hydrogen-bond donors (Lipinski definition) is 3. The Morgan fingerprint density at radius 2 is 2.16 bits per heavy atom. The highest BCUT2D eigenvalue weighted by atomic mass is 32.1. The normalized spacial score (nSPS) is 29.0. The number of carbonyl (C=O) groups is 1. The van der Waals surface area contributed by atoms with Gasteiger partial charge in [-0.3, -0.25) is 14.6 Å². The molecule has 3 aliphatic rings. The predicted molar refractivity (Wildman–Crippen MR) is 95.1 cm³/mol. The molecule has 1 aromatic carbocycles. The Morgan fingerprint density at radius 1 is 1.32 bits per heavy atom. The maximum atomic E-state index is 12.8. The van der Waals surface area contributed by atoms with Crippen molar-refractivity contribution in [2.24, 2.45) is 11.3 Å². The summed E-state index contributed by atoms with van der Waals surface area (Å²) in [7, 11) is 0. The molecule has 130 valence electrons. The van der Waals surface area contributed by atoms with E-state index in [0.29, 0.717) is 28.5 Å². The van der Waals surface area contributed by atoms with Crippen molar-refractivity contribution in [1.29, 1.82) is 0 Å². The highest BCUT2D eigenvalue weighted by Gasteiger charge is 2.66. The van der Waals surface area contributed by atoms with Crippen molar-refractivity contribution in [2.75, 3.05) is 6.61 Å². The van der Waals surface area contributed by atoms with E-state index in [1.165, 1.54) is 6.42 Å². The third-order valence-corrected chi connectivity index (χ3v) is 6.53. The summed E-state index contributed by atoms with van der Waals surface area (Å²) in [5.41, 5.74) is 1.03. The molecule has 2 aliphatic carbocycles. The first-order chi connectivity index (χ1) is 12.1. The van der Waals surface area contributed by atoms with E-state index in [1.807, 2.05) is 0 Å². The van der Waals surface area contributed by atoms with E-state index in [4.69, 9.17) is 17.0 Å². The average Bonchev–Trinajstić information content (AvgIpc) is 2.95. The summed E-state index contributed by atoms with van der Waals surface area (Å²) in [5, 5.41) is 3.74. The molecule has 2 saturated carbocycles. The number of ether oxygens (including phenoxy) is 1. The number of H-pyrrole nitrogens is 2. The molecule has 0 bridgehead atoms. The fraction of sp³-hybridized carbons (Fsp3) is 0.500. The topological polar surface area (TPSA) is 87.0 Å². The number of benzene rings is 1. The van der Waals surface area contributed by atoms with Crippen LogP contribution in [0.3, 0.4) is 0 Å². The number of amides is 1. The minimum atomic E-state index is -0.246. The Bertz CT molecular complexity index is 991. The van der Waals surface area contributed by atoms with Crippen molar-refractivity contribution in [2.45, 2.75) is 37.8 Å². The summed E-state index contributed by atoms with van der Waals surface area (Å²) in [6, 6.07) is 5.26. The molecular formula is C18H19N3O3S. The van der Waals surface area contributed by atoms with Gasteiger partial charge in [-0.25, -0.2) is 0 Å². The van der Waals surface area contributed by atoms with Crippen LogP contribution in [-0.4, -0.2) is 34.6 Å². The van der Waals surface area contributed by atoms with Crippen molar-refractivity contribution in [3.63, 3.8) is 0 Å². The van der Waals surface area contributed by atoms with Gasteiger partial charge in [-0.15, -0.1) is 0 Å². The number of carbonyl (C=O) groups excluding carboxylic acids is 1. The smallest absolute Gasteiger partial charge is 0.259 e. The van der Waals surface area contributed by atoms with E-state index in [-0.39, 0.29) is 27.7 Å². The molecule has 6 nitrogen and oxygen atoms in total. The molecule has 2 heterocycles. The van der Waals surface area contributed by atoms with Gasteiger partial charge in [0.2, 0.25) is 0 Å². The number of rotatable bonds is 2. The van der Waals surface area contributed by atoms with E-state index in [1.54, 1.807) is 18.2 Å². The molecule has 1 aromatic heterocycles. The quantitative estimate of drug-likeness (QED) is 0.720. The van der Waals surface area contributed by atoms with Gasteiger partial charge in [0.15, 0.2) is 4.77 Å². The van der Waals surface area contributed by atoms with Gasteiger partial charge in [-0.1, -0.05) is 6.42 Å².